The summed E-state index contributed by atoms with van der Waals surface area (Å²) in [5.41, 5.74) is 0. The van der Waals surface area contributed by atoms with E-state index >= 15 is 0 Å². The van der Waals surface area contributed by atoms with Gasteiger partial charge in [-0.25, -0.2) is 0 Å². The van der Waals surface area contributed by atoms with Crippen molar-refractivity contribution in [3.05, 3.63) is 11.6 Å². The van der Waals surface area contributed by atoms with E-state index in [1.807, 2.05) is 6.92 Å². The highest BCUT2D eigenvalue weighted by atomic mass is 15.3. The smallest absolute Gasteiger partial charge is 0.147 e. The number of rotatable bonds is 1. The fraction of sp³-hybridized carbons (Fsp3) is 0.778. The Labute approximate surface area is 78.6 Å². The minimum atomic E-state index is 0.603. The van der Waals surface area contributed by atoms with E-state index in [9.17, 15) is 0 Å². The first-order chi connectivity index (χ1) is 6.18. The van der Waals surface area contributed by atoms with Gasteiger partial charge in [-0.3, -0.25) is 4.90 Å². The van der Waals surface area contributed by atoms with E-state index in [1.54, 1.807) is 0 Å². The average Bonchev–Trinajstić information content (AvgIpc) is 2.47. The fourth-order valence-corrected chi connectivity index (χ4v) is 1.76. The second-order valence-corrected chi connectivity index (χ2v) is 3.88. The molecular formula is C9H16N4. The maximum absolute atomic E-state index is 4.16. The number of fused-ring (bicyclic) bond motifs is 1. The Morgan fingerprint density at radius 3 is 2.69 bits per heavy atom. The maximum atomic E-state index is 4.16. The van der Waals surface area contributed by atoms with Crippen LogP contribution in [0.25, 0.3) is 0 Å². The van der Waals surface area contributed by atoms with Gasteiger partial charge in [0, 0.05) is 19.1 Å². The van der Waals surface area contributed by atoms with Gasteiger partial charge in [0.25, 0.3) is 0 Å². The Hall–Kier alpha value is -0.900. The molecule has 0 aromatic carbocycles. The predicted molar refractivity (Wildman–Crippen MR) is 50.3 cm³/mol. The largest absolute Gasteiger partial charge is 0.313 e. The molecule has 0 N–H and O–H groups in total. The van der Waals surface area contributed by atoms with Gasteiger partial charge >= 0.3 is 0 Å². The molecule has 72 valence electrons. The van der Waals surface area contributed by atoms with Crippen LogP contribution in [0.4, 0.5) is 0 Å². The molecule has 1 aromatic heterocycles. The van der Waals surface area contributed by atoms with E-state index in [-0.39, 0.29) is 0 Å². The molecule has 2 rings (SSSR count). The zero-order chi connectivity index (χ0) is 9.42. The van der Waals surface area contributed by atoms with Crippen LogP contribution in [0.15, 0.2) is 0 Å². The molecule has 2 heterocycles. The van der Waals surface area contributed by atoms with Crippen LogP contribution in [0.3, 0.4) is 0 Å². The van der Waals surface area contributed by atoms with Gasteiger partial charge in [0.2, 0.25) is 0 Å². The molecule has 4 nitrogen and oxygen atoms in total. The van der Waals surface area contributed by atoms with Gasteiger partial charge in [-0.15, -0.1) is 10.2 Å². The van der Waals surface area contributed by atoms with Crippen molar-refractivity contribution in [2.75, 3.05) is 6.54 Å². The molecule has 4 heteroatoms. The van der Waals surface area contributed by atoms with Crippen molar-refractivity contribution in [1.82, 2.24) is 19.7 Å². The lowest BCUT2D eigenvalue weighted by Gasteiger charge is -2.30. The Kier molecular flexibility index (Phi) is 2.07. The van der Waals surface area contributed by atoms with Crippen LogP contribution in [-0.4, -0.2) is 32.3 Å². The summed E-state index contributed by atoms with van der Waals surface area (Å²) in [5, 5.41) is 8.24. The van der Waals surface area contributed by atoms with Gasteiger partial charge in [0.1, 0.15) is 11.6 Å². The van der Waals surface area contributed by atoms with Crippen LogP contribution >= 0.6 is 0 Å². The number of hydrogen-bond acceptors (Lipinski definition) is 3. The molecule has 0 fully saturated rings. The SMILES string of the molecule is Cc1nnc2n1CCN(C(C)C)C2. The summed E-state index contributed by atoms with van der Waals surface area (Å²) in [6.45, 7) is 9.55. The molecule has 0 amide bonds. The highest BCUT2D eigenvalue weighted by Crippen LogP contribution is 2.13. The van der Waals surface area contributed by atoms with E-state index in [4.69, 9.17) is 0 Å². The van der Waals surface area contributed by atoms with E-state index < -0.39 is 0 Å². The Balaban J connectivity index is 2.21. The predicted octanol–water partition coefficient (Wildman–Crippen LogP) is 0.811. The van der Waals surface area contributed by atoms with Crippen molar-refractivity contribution >= 4 is 0 Å². The summed E-state index contributed by atoms with van der Waals surface area (Å²) < 4.78 is 2.21. The summed E-state index contributed by atoms with van der Waals surface area (Å²) in [7, 11) is 0. The standard InChI is InChI=1S/C9H16N4/c1-7(2)12-4-5-13-8(3)10-11-9(13)6-12/h7H,4-6H2,1-3H3. The van der Waals surface area contributed by atoms with Crippen LogP contribution in [-0.2, 0) is 13.1 Å². The first-order valence-electron chi connectivity index (χ1n) is 4.81. The van der Waals surface area contributed by atoms with Crippen LogP contribution in [0.1, 0.15) is 25.5 Å². The lowest BCUT2D eigenvalue weighted by atomic mass is 10.2. The van der Waals surface area contributed by atoms with Gasteiger partial charge < -0.3 is 4.57 Å². The van der Waals surface area contributed by atoms with Crippen molar-refractivity contribution < 1.29 is 0 Å². The third-order valence-corrected chi connectivity index (χ3v) is 2.70. The minimum absolute atomic E-state index is 0.603. The lowest BCUT2D eigenvalue weighted by molar-refractivity contribution is 0.172. The van der Waals surface area contributed by atoms with Crippen LogP contribution < -0.4 is 0 Å². The molecular weight excluding hydrogens is 164 g/mol. The second kappa shape index (κ2) is 3.10. The molecule has 0 spiro atoms. The van der Waals surface area contributed by atoms with Crippen molar-refractivity contribution in [3.8, 4) is 0 Å². The number of aromatic nitrogens is 3. The molecule has 0 atom stereocenters. The second-order valence-electron chi connectivity index (χ2n) is 3.88. The van der Waals surface area contributed by atoms with Gasteiger partial charge in [-0.2, -0.15) is 0 Å². The molecule has 1 aliphatic rings. The monoisotopic (exact) mass is 180 g/mol. The van der Waals surface area contributed by atoms with E-state index in [0.29, 0.717) is 6.04 Å². The zero-order valence-corrected chi connectivity index (χ0v) is 8.49. The molecule has 0 aliphatic carbocycles. The first-order valence-corrected chi connectivity index (χ1v) is 4.81. The zero-order valence-electron chi connectivity index (χ0n) is 8.49. The summed E-state index contributed by atoms with van der Waals surface area (Å²) in [5.74, 6) is 2.15. The number of hydrogen-bond donors (Lipinski definition) is 0. The van der Waals surface area contributed by atoms with E-state index in [0.717, 1.165) is 31.3 Å². The molecule has 1 aliphatic heterocycles. The summed E-state index contributed by atoms with van der Waals surface area (Å²) >= 11 is 0. The average molecular weight is 180 g/mol. The van der Waals surface area contributed by atoms with Gasteiger partial charge in [0.15, 0.2) is 0 Å². The van der Waals surface area contributed by atoms with Crippen molar-refractivity contribution in [2.45, 2.75) is 39.9 Å². The summed E-state index contributed by atoms with van der Waals surface area (Å²) in [4.78, 5) is 2.42. The highest BCUT2D eigenvalue weighted by molar-refractivity contribution is 4.97. The summed E-state index contributed by atoms with van der Waals surface area (Å²) in [6, 6.07) is 0.603. The Bertz CT molecular complexity index is 303. The highest BCUT2D eigenvalue weighted by Gasteiger charge is 2.20. The quantitative estimate of drug-likeness (QED) is 0.641. The van der Waals surface area contributed by atoms with Crippen molar-refractivity contribution in [1.29, 1.82) is 0 Å². The number of nitrogens with zero attached hydrogens (tertiary/aromatic N) is 4. The molecule has 0 bridgehead atoms. The Morgan fingerprint density at radius 2 is 2.00 bits per heavy atom. The number of aryl methyl sites for hydroxylation is 1. The Morgan fingerprint density at radius 1 is 1.23 bits per heavy atom. The van der Waals surface area contributed by atoms with Gasteiger partial charge in [-0.05, 0) is 20.8 Å². The van der Waals surface area contributed by atoms with E-state index in [2.05, 4.69) is 33.5 Å². The van der Waals surface area contributed by atoms with Crippen LogP contribution in [0.2, 0.25) is 0 Å². The third-order valence-electron chi connectivity index (χ3n) is 2.70. The molecule has 0 unspecified atom stereocenters. The normalized spacial score (nSPS) is 17.8. The van der Waals surface area contributed by atoms with E-state index in [1.165, 1.54) is 0 Å². The van der Waals surface area contributed by atoms with Gasteiger partial charge in [0.05, 0.1) is 6.54 Å². The summed E-state index contributed by atoms with van der Waals surface area (Å²) in [6.07, 6.45) is 0. The topological polar surface area (TPSA) is 34.0 Å². The first kappa shape index (κ1) is 8.69. The lowest BCUT2D eigenvalue weighted by Crippen LogP contribution is -2.38. The fourth-order valence-electron chi connectivity index (χ4n) is 1.76. The van der Waals surface area contributed by atoms with Crippen molar-refractivity contribution in [2.24, 2.45) is 0 Å². The van der Waals surface area contributed by atoms with Crippen molar-refractivity contribution in [3.63, 3.8) is 0 Å². The molecule has 0 saturated heterocycles. The molecule has 0 saturated carbocycles. The third kappa shape index (κ3) is 1.46. The molecule has 1 aromatic rings. The van der Waals surface area contributed by atoms with Crippen LogP contribution in [0.5, 0.6) is 0 Å². The van der Waals surface area contributed by atoms with Crippen LogP contribution in [0, 0.1) is 6.92 Å². The minimum Gasteiger partial charge on any atom is -0.313 e. The molecule has 13 heavy (non-hydrogen) atoms. The van der Waals surface area contributed by atoms with Gasteiger partial charge in [-0.1, -0.05) is 0 Å². The molecule has 0 radical (unpaired) electrons. The maximum Gasteiger partial charge on any atom is 0.147 e.